The van der Waals surface area contributed by atoms with Gasteiger partial charge in [0.05, 0.1) is 34.1 Å². The van der Waals surface area contributed by atoms with Crippen LogP contribution in [0.25, 0.3) is 22.3 Å². The lowest BCUT2D eigenvalue weighted by atomic mass is 9.73. The molecule has 4 aromatic rings. The van der Waals surface area contributed by atoms with Crippen LogP contribution in [0.2, 0.25) is 0 Å². The minimum absolute atomic E-state index is 0.0594. The lowest BCUT2D eigenvalue weighted by Gasteiger charge is -2.48. The van der Waals surface area contributed by atoms with E-state index in [0.717, 1.165) is 88.7 Å². The van der Waals surface area contributed by atoms with Crippen molar-refractivity contribution >= 4 is 69.6 Å². The average Bonchev–Trinajstić information content (AvgIpc) is 4.17. The number of nitrogens with one attached hydrogen (secondary N) is 2. The largest absolute Gasteiger partial charge is 0.371 e. The number of hydrogen-bond donors (Lipinski definition) is 2. The van der Waals surface area contributed by atoms with E-state index in [1.165, 1.54) is 19.3 Å². The number of aromatic nitrogens is 3. The Bertz CT molecular complexity index is 3060. The summed E-state index contributed by atoms with van der Waals surface area (Å²) in [5, 5.41) is 5.94. The summed E-state index contributed by atoms with van der Waals surface area (Å²) in [6, 6.07) is 14.0. The van der Waals surface area contributed by atoms with E-state index in [2.05, 4.69) is 68.0 Å². The molecule has 2 saturated carbocycles. The molecule has 7 amide bonds. The second kappa shape index (κ2) is 19.1. The number of likely N-dealkylation sites (tertiary alicyclic amines) is 3. The van der Waals surface area contributed by atoms with Crippen LogP contribution in [-0.4, -0.2) is 152 Å². The van der Waals surface area contributed by atoms with Gasteiger partial charge in [0, 0.05) is 98.6 Å². The smallest absolute Gasteiger partial charge is 0.262 e. The second-order valence-electron chi connectivity index (χ2n) is 23.6. The molecule has 2 aromatic carbocycles. The molecule has 398 valence electrons. The zero-order valence-corrected chi connectivity index (χ0v) is 43.8. The Labute approximate surface area is 442 Å². The maximum atomic E-state index is 15.3. The molecule has 1 atom stereocenters. The Balaban J connectivity index is 0.650. The number of imidazole rings is 1. The molecule has 13 rings (SSSR count). The molecular formula is C58H69N11O7. The van der Waals surface area contributed by atoms with E-state index in [0.29, 0.717) is 89.9 Å². The summed E-state index contributed by atoms with van der Waals surface area (Å²) in [6.07, 6.45) is 13.7. The molecule has 2 aromatic heterocycles. The minimum atomic E-state index is -1.02. The lowest BCUT2D eigenvalue weighted by Crippen LogP contribution is -2.58. The van der Waals surface area contributed by atoms with E-state index in [1.54, 1.807) is 12.1 Å². The summed E-state index contributed by atoms with van der Waals surface area (Å²) >= 11 is 0. The first-order valence-electron chi connectivity index (χ1n) is 28.4. The molecular weight excluding hydrogens is 963 g/mol. The molecule has 0 radical (unpaired) electrons. The monoisotopic (exact) mass is 1030 g/mol. The van der Waals surface area contributed by atoms with Crippen molar-refractivity contribution in [2.75, 3.05) is 67.5 Å². The highest BCUT2D eigenvalue weighted by Crippen LogP contribution is 2.52. The molecule has 76 heavy (non-hydrogen) atoms. The van der Waals surface area contributed by atoms with Gasteiger partial charge in [-0.15, -0.1) is 0 Å². The summed E-state index contributed by atoms with van der Waals surface area (Å²) in [6.45, 7) is 9.89. The Morgan fingerprint density at radius 1 is 0.711 bits per heavy atom. The number of nitrogens with zero attached hydrogens (tertiary/aromatic N) is 9. The van der Waals surface area contributed by atoms with E-state index in [9.17, 15) is 28.8 Å². The molecule has 7 fully saturated rings. The molecule has 9 aliphatic rings. The summed E-state index contributed by atoms with van der Waals surface area (Å²) in [4.78, 5) is 116. The van der Waals surface area contributed by atoms with E-state index in [-0.39, 0.29) is 65.6 Å². The third-order valence-electron chi connectivity index (χ3n) is 18.8. The molecule has 9 heterocycles. The van der Waals surface area contributed by atoms with Crippen LogP contribution in [0.15, 0.2) is 48.8 Å². The first-order chi connectivity index (χ1) is 36.8. The van der Waals surface area contributed by atoms with Crippen molar-refractivity contribution in [2.24, 2.45) is 11.8 Å². The van der Waals surface area contributed by atoms with Gasteiger partial charge in [0.2, 0.25) is 29.5 Å². The molecule has 2 N–H and O–H groups in total. The summed E-state index contributed by atoms with van der Waals surface area (Å²) in [7, 11) is 0. The minimum Gasteiger partial charge on any atom is -0.371 e. The highest BCUT2D eigenvalue weighted by Gasteiger charge is 2.56. The van der Waals surface area contributed by atoms with Crippen LogP contribution in [0.1, 0.15) is 142 Å². The van der Waals surface area contributed by atoms with Crippen LogP contribution >= 0.6 is 0 Å². The van der Waals surface area contributed by atoms with Crippen molar-refractivity contribution in [3.05, 3.63) is 65.5 Å². The zero-order valence-electron chi connectivity index (χ0n) is 43.8. The van der Waals surface area contributed by atoms with Crippen LogP contribution in [-0.2, 0) is 29.4 Å². The molecule has 2 aliphatic carbocycles. The fourth-order valence-corrected chi connectivity index (χ4v) is 14.1. The number of piperidine rings is 5. The summed E-state index contributed by atoms with van der Waals surface area (Å²) < 4.78 is 2.19. The molecule has 0 bridgehead atoms. The third kappa shape index (κ3) is 8.35. The topological polar surface area (TPSA) is 194 Å². The van der Waals surface area contributed by atoms with Crippen molar-refractivity contribution in [2.45, 2.75) is 146 Å². The molecule has 5 saturated heterocycles. The first kappa shape index (κ1) is 48.9. The van der Waals surface area contributed by atoms with Crippen LogP contribution in [0.5, 0.6) is 0 Å². The van der Waals surface area contributed by atoms with Gasteiger partial charge in [-0.05, 0) is 146 Å². The molecule has 18 heteroatoms. The Morgan fingerprint density at radius 3 is 2.08 bits per heavy atom. The number of pyridine rings is 1. The standard InChI is InChI=1S/C58H69N11O7/c1-34(2)67-33-59-46-32-45(61-51(50(46)67)60-38-7-8-38)37-6-11-44-48(28-37)68(41-29-40(30-41)63-20-4-3-5-21-63)57(76)58(44)18-26-66(27-19-58)54(73)36-16-24-65(25-17-36)53(72)35-14-22-64(23-15-35)39-9-10-42-43(31-39)56(75)69(55(42)74)47-12-13-49(70)62-52(47)71/h6,9-11,28,31-36,38,40-41,47H,3-5,7-8,12-27,29-30H2,1-2H3,(H,60,61)(H,62,70,71)/t40?,41?,47-/m1/s1. The first-order valence-corrected chi connectivity index (χ1v) is 28.4. The van der Waals surface area contributed by atoms with Crippen molar-refractivity contribution in [3.63, 3.8) is 0 Å². The highest BCUT2D eigenvalue weighted by molar-refractivity contribution is 6.24. The Hall–Kier alpha value is -6.69. The number of hydrogen-bond acceptors (Lipinski definition) is 12. The van der Waals surface area contributed by atoms with E-state index < -0.39 is 35.1 Å². The highest BCUT2D eigenvalue weighted by atomic mass is 16.2. The van der Waals surface area contributed by atoms with Gasteiger partial charge in [0.1, 0.15) is 11.6 Å². The second-order valence-corrected chi connectivity index (χ2v) is 23.6. The summed E-state index contributed by atoms with van der Waals surface area (Å²) in [5.74, 6) is -1.17. The van der Waals surface area contributed by atoms with Gasteiger partial charge in [-0.2, -0.15) is 0 Å². The van der Waals surface area contributed by atoms with Gasteiger partial charge in [0.25, 0.3) is 11.8 Å². The zero-order chi connectivity index (χ0) is 52.1. The van der Waals surface area contributed by atoms with Crippen molar-refractivity contribution < 1.29 is 33.6 Å². The number of carbonyl (C=O) groups excluding carboxylic acids is 7. The van der Waals surface area contributed by atoms with Crippen LogP contribution in [0, 0.1) is 11.8 Å². The number of imide groups is 2. The van der Waals surface area contributed by atoms with Gasteiger partial charge < -0.3 is 34.4 Å². The van der Waals surface area contributed by atoms with Gasteiger partial charge in [0.15, 0.2) is 5.82 Å². The number of amides is 7. The fourth-order valence-electron chi connectivity index (χ4n) is 14.1. The predicted molar refractivity (Wildman–Crippen MR) is 285 cm³/mol. The predicted octanol–water partition coefficient (Wildman–Crippen LogP) is 6.03. The Morgan fingerprint density at radius 2 is 1.39 bits per heavy atom. The molecule has 18 nitrogen and oxygen atoms in total. The normalized spacial score (nSPS) is 25.4. The van der Waals surface area contributed by atoms with Gasteiger partial charge in [-0.25, -0.2) is 9.97 Å². The number of carbonyl (C=O) groups is 7. The van der Waals surface area contributed by atoms with Crippen molar-refractivity contribution in [3.8, 4) is 11.3 Å². The van der Waals surface area contributed by atoms with E-state index in [1.807, 2.05) is 22.2 Å². The summed E-state index contributed by atoms with van der Waals surface area (Å²) in [5.41, 5.74) is 6.37. The van der Waals surface area contributed by atoms with Gasteiger partial charge >= 0.3 is 0 Å². The van der Waals surface area contributed by atoms with Crippen LogP contribution in [0.4, 0.5) is 17.2 Å². The quantitative estimate of drug-likeness (QED) is 0.176. The van der Waals surface area contributed by atoms with Crippen LogP contribution < -0.4 is 20.4 Å². The molecule has 0 unspecified atom stereocenters. The maximum absolute atomic E-state index is 15.3. The SMILES string of the molecule is CC(C)n1cnc2cc(-c3ccc4c(c3)N(C3CC(N5CCCCC5)C3)C(=O)C43CCN(C(=O)C4CCN(C(=O)C5CCN(c6ccc7c(c6)C(=O)N([C@@H]6CCC(=O)NC6=O)C7=O)CC5)CC4)CC3)nc(NC3CC3)c21. The Kier molecular flexibility index (Phi) is 12.3. The van der Waals surface area contributed by atoms with Crippen molar-refractivity contribution in [1.82, 2.24) is 39.5 Å². The number of rotatable bonds is 10. The maximum Gasteiger partial charge on any atom is 0.262 e. The van der Waals surface area contributed by atoms with Crippen molar-refractivity contribution in [1.29, 1.82) is 0 Å². The number of benzene rings is 2. The average molecular weight is 1030 g/mol. The number of anilines is 3. The van der Waals surface area contributed by atoms with Crippen LogP contribution in [0.3, 0.4) is 0 Å². The van der Waals surface area contributed by atoms with Gasteiger partial charge in [-0.3, -0.25) is 43.8 Å². The lowest BCUT2D eigenvalue weighted by molar-refractivity contribution is -0.144. The van der Waals surface area contributed by atoms with E-state index >= 15 is 4.79 Å². The molecule has 1 spiro atoms. The molecule has 7 aliphatic heterocycles. The van der Waals surface area contributed by atoms with E-state index in [4.69, 9.17) is 9.97 Å². The third-order valence-corrected chi connectivity index (χ3v) is 18.8. The number of fused-ring (bicyclic) bond motifs is 4. The fraction of sp³-hybridized carbons (Fsp3) is 0.569. The van der Waals surface area contributed by atoms with Gasteiger partial charge in [-0.1, -0.05) is 18.6 Å².